The maximum absolute atomic E-state index is 11.5. The van der Waals surface area contributed by atoms with E-state index >= 15 is 0 Å². The lowest BCUT2D eigenvalue weighted by molar-refractivity contribution is 0.0498. The molecule has 0 bridgehead atoms. The highest BCUT2D eigenvalue weighted by molar-refractivity contribution is 5.97. The molecule has 0 saturated heterocycles. The van der Waals surface area contributed by atoms with Crippen LogP contribution in [0.3, 0.4) is 0 Å². The normalized spacial score (nSPS) is 9.94. The van der Waals surface area contributed by atoms with Crippen LogP contribution < -0.4 is 5.73 Å². The summed E-state index contributed by atoms with van der Waals surface area (Å²) in [5.41, 5.74) is 5.83. The van der Waals surface area contributed by atoms with E-state index in [1.54, 1.807) is 0 Å². The molecule has 0 aliphatic rings. The molecular formula is C12H15NO4. The Morgan fingerprint density at radius 2 is 2.12 bits per heavy atom. The van der Waals surface area contributed by atoms with E-state index in [9.17, 15) is 9.59 Å². The van der Waals surface area contributed by atoms with Gasteiger partial charge in [0.1, 0.15) is 0 Å². The fraction of sp³-hybridized carbons (Fsp3) is 0.333. The van der Waals surface area contributed by atoms with Gasteiger partial charge in [0.15, 0.2) is 0 Å². The lowest BCUT2D eigenvalue weighted by Crippen LogP contribution is -2.09. The second kappa shape index (κ2) is 5.89. The number of unbranched alkanes of at least 4 members (excludes halogenated alkanes) is 1. The molecule has 1 aromatic rings. The van der Waals surface area contributed by atoms with Gasteiger partial charge in [-0.25, -0.2) is 9.59 Å². The van der Waals surface area contributed by atoms with Crippen molar-refractivity contribution in [3.05, 3.63) is 29.3 Å². The summed E-state index contributed by atoms with van der Waals surface area (Å²) in [5, 5.41) is 8.77. The summed E-state index contributed by atoms with van der Waals surface area (Å²) < 4.78 is 4.98. The minimum atomic E-state index is -1.12. The molecule has 0 aromatic heterocycles. The minimum absolute atomic E-state index is 0.0184. The zero-order valence-electron chi connectivity index (χ0n) is 9.60. The summed E-state index contributed by atoms with van der Waals surface area (Å²) in [4.78, 5) is 22.2. The van der Waals surface area contributed by atoms with Crippen LogP contribution in [-0.4, -0.2) is 23.7 Å². The second-order valence-corrected chi connectivity index (χ2v) is 3.60. The highest BCUT2D eigenvalue weighted by atomic mass is 16.5. The van der Waals surface area contributed by atoms with Crippen LogP contribution in [0.15, 0.2) is 18.2 Å². The van der Waals surface area contributed by atoms with Gasteiger partial charge in [0.25, 0.3) is 0 Å². The van der Waals surface area contributed by atoms with Gasteiger partial charge >= 0.3 is 11.9 Å². The zero-order valence-corrected chi connectivity index (χ0v) is 9.60. The van der Waals surface area contributed by atoms with Crippen LogP contribution in [0.5, 0.6) is 0 Å². The molecule has 0 amide bonds. The Morgan fingerprint density at radius 3 is 2.65 bits per heavy atom. The number of carbonyl (C=O) groups is 2. The maximum Gasteiger partial charge on any atom is 0.338 e. The molecular weight excluding hydrogens is 222 g/mol. The van der Waals surface area contributed by atoms with Gasteiger partial charge in [-0.3, -0.25) is 0 Å². The Hall–Kier alpha value is -2.04. The average molecular weight is 237 g/mol. The molecule has 92 valence electrons. The number of rotatable bonds is 5. The standard InChI is InChI=1S/C12H15NO4/c1-2-3-6-17-12(16)8-4-5-9(11(14)15)10(13)7-8/h4-5,7H,2-3,6,13H2,1H3,(H,14,15). The first-order valence-corrected chi connectivity index (χ1v) is 5.36. The van der Waals surface area contributed by atoms with E-state index in [1.807, 2.05) is 6.92 Å². The van der Waals surface area contributed by atoms with Gasteiger partial charge in [-0.15, -0.1) is 0 Å². The Balaban J connectivity index is 2.76. The predicted molar refractivity (Wildman–Crippen MR) is 63.0 cm³/mol. The van der Waals surface area contributed by atoms with Crippen molar-refractivity contribution in [3.8, 4) is 0 Å². The molecule has 5 nitrogen and oxygen atoms in total. The highest BCUT2D eigenvalue weighted by Gasteiger charge is 2.12. The van der Waals surface area contributed by atoms with Crippen molar-refractivity contribution in [2.75, 3.05) is 12.3 Å². The van der Waals surface area contributed by atoms with Gasteiger partial charge < -0.3 is 15.6 Å². The molecule has 0 radical (unpaired) electrons. The summed E-state index contributed by atoms with van der Waals surface area (Å²) in [6, 6.07) is 4.01. The van der Waals surface area contributed by atoms with Crippen LogP contribution in [0, 0.1) is 0 Å². The first kappa shape index (κ1) is 13.0. The second-order valence-electron chi connectivity index (χ2n) is 3.60. The number of nitrogen functional groups attached to an aromatic ring is 1. The number of carbonyl (C=O) groups excluding carboxylic acids is 1. The quantitative estimate of drug-likeness (QED) is 0.464. The van der Waals surface area contributed by atoms with E-state index in [1.165, 1.54) is 18.2 Å². The van der Waals surface area contributed by atoms with Crippen LogP contribution in [0.4, 0.5) is 5.69 Å². The monoisotopic (exact) mass is 237 g/mol. The first-order valence-electron chi connectivity index (χ1n) is 5.36. The van der Waals surface area contributed by atoms with Crippen molar-refractivity contribution in [2.45, 2.75) is 19.8 Å². The van der Waals surface area contributed by atoms with Crippen molar-refractivity contribution < 1.29 is 19.4 Å². The van der Waals surface area contributed by atoms with E-state index in [0.29, 0.717) is 6.61 Å². The minimum Gasteiger partial charge on any atom is -0.478 e. The predicted octanol–water partition coefficient (Wildman–Crippen LogP) is 1.92. The molecule has 0 aliphatic carbocycles. The summed E-state index contributed by atoms with van der Waals surface area (Å²) in [6.45, 7) is 2.35. The third-order valence-electron chi connectivity index (χ3n) is 2.25. The van der Waals surface area contributed by atoms with Crippen LogP contribution in [0.25, 0.3) is 0 Å². The first-order chi connectivity index (χ1) is 8.06. The van der Waals surface area contributed by atoms with E-state index in [-0.39, 0.29) is 16.8 Å². The summed E-state index contributed by atoms with van der Waals surface area (Å²) in [7, 11) is 0. The van der Waals surface area contributed by atoms with Crippen LogP contribution in [0.1, 0.15) is 40.5 Å². The van der Waals surface area contributed by atoms with E-state index in [4.69, 9.17) is 15.6 Å². The van der Waals surface area contributed by atoms with Gasteiger partial charge in [-0.2, -0.15) is 0 Å². The van der Waals surface area contributed by atoms with Gasteiger partial charge in [0.05, 0.1) is 17.7 Å². The summed E-state index contributed by atoms with van der Waals surface area (Å²) in [6.07, 6.45) is 1.74. The third-order valence-corrected chi connectivity index (χ3v) is 2.25. The SMILES string of the molecule is CCCCOC(=O)c1ccc(C(=O)O)c(N)c1. The third kappa shape index (κ3) is 3.48. The largest absolute Gasteiger partial charge is 0.478 e. The van der Waals surface area contributed by atoms with Crippen LogP contribution in [0.2, 0.25) is 0 Å². The van der Waals surface area contributed by atoms with Crippen molar-refractivity contribution in [2.24, 2.45) is 0 Å². The number of ether oxygens (including phenoxy) is 1. The molecule has 0 heterocycles. The highest BCUT2D eigenvalue weighted by Crippen LogP contribution is 2.15. The average Bonchev–Trinajstić information content (AvgIpc) is 2.28. The maximum atomic E-state index is 11.5. The molecule has 1 aromatic carbocycles. The summed E-state index contributed by atoms with van der Waals surface area (Å²) >= 11 is 0. The van der Waals surface area contributed by atoms with Gasteiger partial charge in [0.2, 0.25) is 0 Å². The Morgan fingerprint density at radius 1 is 1.41 bits per heavy atom. The van der Waals surface area contributed by atoms with Gasteiger partial charge in [-0.1, -0.05) is 13.3 Å². The zero-order chi connectivity index (χ0) is 12.8. The number of benzene rings is 1. The van der Waals surface area contributed by atoms with Gasteiger partial charge in [0, 0.05) is 5.69 Å². The van der Waals surface area contributed by atoms with Crippen molar-refractivity contribution in [1.29, 1.82) is 0 Å². The van der Waals surface area contributed by atoms with Crippen molar-refractivity contribution in [1.82, 2.24) is 0 Å². The molecule has 17 heavy (non-hydrogen) atoms. The van der Waals surface area contributed by atoms with E-state index in [0.717, 1.165) is 12.8 Å². The number of carboxylic acids is 1. The molecule has 0 unspecified atom stereocenters. The van der Waals surface area contributed by atoms with Crippen LogP contribution >= 0.6 is 0 Å². The fourth-order valence-corrected chi connectivity index (χ4v) is 1.28. The number of carboxylic acid groups (broad SMARTS) is 1. The van der Waals surface area contributed by atoms with Crippen molar-refractivity contribution in [3.63, 3.8) is 0 Å². The molecule has 0 spiro atoms. The Labute approximate surface area is 99.2 Å². The molecule has 0 fully saturated rings. The lowest BCUT2D eigenvalue weighted by Gasteiger charge is -2.06. The number of hydrogen-bond donors (Lipinski definition) is 2. The molecule has 0 aliphatic heterocycles. The molecule has 0 atom stereocenters. The fourth-order valence-electron chi connectivity index (χ4n) is 1.28. The van der Waals surface area contributed by atoms with E-state index in [2.05, 4.69) is 0 Å². The Kier molecular flexibility index (Phi) is 4.51. The van der Waals surface area contributed by atoms with Crippen LogP contribution in [-0.2, 0) is 4.74 Å². The molecule has 3 N–H and O–H groups in total. The number of hydrogen-bond acceptors (Lipinski definition) is 4. The smallest absolute Gasteiger partial charge is 0.338 e. The van der Waals surface area contributed by atoms with Gasteiger partial charge in [-0.05, 0) is 24.6 Å². The topological polar surface area (TPSA) is 89.6 Å². The summed E-state index contributed by atoms with van der Waals surface area (Å²) in [5.74, 6) is -1.60. The molecule has 0 saturated carbocycles. The van der Waals surface area contributed by atoms with Crippen molar-refractivity contribution >= 4 is 17.6 Å². The number of aromatic carboxylic acids is 1. The van der Waals surface area contributed by atoms with E-state index < -0.39 is 11.9 Å². The molecule has 1 rings (SSSR count). The number of esters is 1. The molecule has 5 heteroatoms. The number of anilines is 1. The Bertz CT molecular complexity index is 429. The lowest BCUT2D eigenvalue weighted by atomic mass is 10.1. The number of nitrogens with two attached hydrogens (primary N) is 1.